The number of morpholine rings is 1. The van der Waals surface area contributed by atoms with Gasteiger partial charge < -0.3 is 20.5 Å². The number of ether oxygens (including phenoxy) is 2. The van der Waals surface area contributed by atoms with Crippen molar-refractivity contribution in [2.24, 2.45) is 10.7 Å². The van der Waals surface area contributed by atoms with Gasteiger partial charge in [-0.1, -0.05) is 42.5 Å². The molecule has 1 aliphatic heterocycles. The second kappa shape index (κ2) is 14.0. The fraction of sp³-hybridized carbons (Fsp3) is 0.391. The van der Waals surface area contributed by atoms with Crippen LogP contribution in [0, 0.1) is 0 Å². The van der Waals surface area contributed by atoms with E-state index < -0.39 is 0 Å². The highest BCUT2D eigenvalue weighted by atomic mass is 127. The Morgan fingerprint density at radius 1 is 1.10 bits per heavy atom. The second-order valence-corrected chi connectivity index (χ2v) is 7.20. The Bertz CT molecular complexity index is 827. The van der Waals surface area contributed by atoms with E-state index in [0.717, 1.165) is 56.9 Å². The summed E-state index contributed by atoms with van der Waals surface area (Å²) in [5.41, 5.74) is 8.34. The summed E-state index contributed by atoms with van der Waals surface area (Å²) in [5.74, 6) is 0.0629. The molecule has 2 aromatic rings. The standard InChI is InChI=1S/C23H30N4O3.HI/c24-23(25-10-5-11-27-12-14-29-15-13-27)26-17-20-8-4-9-21(16-20)22(28)30-18-19-6-2-1-3-7-19;/h1-4,6-9,16H,5,10-15,17-18H2,(H3,24,25,26);1H. The number of nitrogens with two attached hydrogens (primary N) is 1. The summed E-state index contributed by atoms with van der Waals surface area (Å²) in [7, 11) is 0. The predicted octanol–water partition coefficient (Wildman–Crippen LogP) is 2.79. The molecule has 1 aliphatic rings. The first kappa shape index (κ1) is 25.1. The van der Waals surface area contributed by atoms with Gasteiger partial charge in [-0.3, -0.25) is 4.90 Å². The molecule has 2 aromatic carbocycles. The van der Waals surface area contributed by atoms with Gasteiger partial charge in [-0.25, -0.2) is 9.79 Å². The van der Waals surface area contributed by atoms with Gasteiger partial charge in [0.15, 0.2) is 5.96 Å². The molecule has 1 saturated heterocycles. The van der Waals surface area contributed by atoms with Crippen LogP contribution >= 0.6 is 24.0 Å². The number of rotatable bonds is 9. The largest absolute Gasteiger partial charge is 0.457 e. The number of carbonyl (C=O) groups is 1. The van der Waals surface area contributed by atoms with Crippen molar-refractivity contribution in [3.8, 4) is 0 Å². The molecule has 0 bridgehead atoms. The summed E-state index contributed by atoms with van der Waals surface area (Å²) < 4.78 is 10.7. The fourth-order valence-corrected chi connectivity index (χ4v) is 3.18. The number of hydrogen-bond acceptors (Lipinski definition) is 5. The molecular formula is C23H31IN4O3. The average molecular weight is 538 g/mol. The van der Waals surface area contributed by atoms with Crippen LogP contribution in [0.25, 0.3) is 0 Å². The molecule has 0 amide bonds. The number of benzene rings is 2. The molecule has 3 rings (SSSR count). The summed E-state index contributed by atoms with van der Waals surface area (Å²) in [6.45, 7) is 6.08. The third kappa shape index (κ3) is 9.24. The van der Waals surface area contributed by atoms with Crippen LogP contribution in [-0.4, -0.2) is 56.2 Å². The van der Waals surface area contributed by atoms with E-state index in [1.54, 1.807) is 12.1 Å². The average Bonchev–Trinajstić information content (AvgIpc) is 2.80. The maximum absolute atomic E-state index is 12.3. The molecule has 7 nitrogen and oxygen atoms in total. The molecule has 3 N–H and O–H groups in total. The van der Waals surface area contributed by atoms with Crippen LogP contribution in [0.1, 0.15) is 27.9 Å². The lowest BCUT2D eigenvalue weighted by atomic mass is 10.1. The molecule has 31 heavy (non-hydrogen) atoms. The highest BCUT2D eigenvalue weighted by Crippen LogP contribution is 2.10. The highest BCUT2D eigenvalue weighted by molar-refractivity contribution is 14.0. The molecule has 0 unspecified atom stereocenters. The summed E-state index contributed by atoms with van der Waals surface area (Å²) in [6.07, 6.45) is 0.999. The highest BCUT2D eigenvalue weighted by Gasteiger charge is 2.10. The Morgan fingerprint density at radius 3 is 2.61 bits per heavy atom. The maximum Gasteiger partial charge on any atom is 0.338 e. The number of aliphatic imine (C=N–C) groups is 1. The van der Waals surface area contributed by atoms with Gasteiger partial charge in [0.2, 0.25) is 0 Å². The lowest BCUT2D eigenvalue weighted by molar-refractivity contribution is 0.0376. The van der Waals surface area contributed by atoms with E-state index in [-0.39, 0.29) is 36.6 Å². The van der Waals surface area contributed by atoms with Crippen molar-refractivity contribution in [2.75, 3.05) is 39.4 Å². The quantitative estimate of drug-likeness (QED) is 0.168. The summed E-state index contributed by atoms with van der Waals surface area (Å²) in [6, 6.07) is 16.9. The van der Waals surface area contributed by atoms with Crippen LogP contribution < -0.4 is 11.1 Å². The molecular weight excluding hydrogens is 507 g/mol. The normalized spacial score (nSPS) is 14.5. The van der Waals surface area contributed by atoms with Gasteiger partial charge in [0, 0.05) is 19.6 Å². The summed E-state index contributed by atoms with van der Waals surface area (Å²) >= 11 is 0. The lowest BCUT2D eigenvalue weighted by Gasteiger charge is -2.26. The molecule has 1 heterocycles. The molecule has 0 saturated carbocycles. The first-order chi connectivity index (χ1) is 14.7. The van der Waals surface area contributed by atoms with E-state index in [1.807, 2.05) is 42.5 Å². The third-order valence-electron chi connectivity index (χ3n) is 4.87. The Balaban J connectivity index is 0.00000341. The van der Waals surface area contributed by atoms with Crippen LogP contribution in [0.5, 0.6) is 0 Å². The molecule has 0 atom stereocenters. The summed E-state index contributed by atoms with van der Waals surface area (Å²) in [5, 5.41) is 3.15. The first-order valence-corrected chi connectivity index (χ1v) is 10.3. The molecule has 0 aromatic heterocycles. The monoisotopic (exact) mass is 538 g/mol. The van der Waals surface area contributed by atoms with Crippen molar-refractivity contribution in [2.45, 2.75) is 19.6 Å². The molecule has 1 fully saturated rings. The van der Waals surface area contributed by atoms with Crippen LogP contribution in [0.3, 0.4) is 0 Å². The molecule has 0 spiro atoms. The maximum atomic E-state index is 12.3. The van der Waals surface area contributed by atoms with Crippen LogP contribution in [0.2, 0.25) is 0 Å². The first-order valence-electron chi connectivity index (χ1n) is 10.3. The van der Waals surface area contributed by atoms with Crippen molar-refractivity contribution < 1.29 is 14.3 Å². The lowest BCUT2D eigenvalue weighted by Crippen LogP contribution is -2.39. The predicted molar refractivity (Wildman–Crippen MR) is 133 cm³/mol. The number of carbonyl (C=O) groups excluding carboxylic acids is 1. The van der Waals surface area contributed by atoms with E-state index in [2.05, 4.69) is 15.2 Å². The van der Waals surface area contributed by atoms with Gasteiger partial charge in [-0.2, -0.15) is 0 Å². The van der Waals surface area contributed by atoms with Gasteiger partial charge in [-0.05, 0) is 36.2 Å². The number of halogens is 1. The molecule has 168 valence electrons. The minimum atomic E-state index is -0.348. The van der Waals surface area contributed by atoms with Crippen molar-refractivity contribution in [3.63, 3.8) is 0 Å². The molecule has 0 aliphatic carbocycles. The zero-order valence-corrected chi connectivity index (χ0v) is 20.0. The summed E-state index contributed by atoms with van der Waals surface area (Å²) in [4.78, 5) is 19.1. The van der Waals surface area contributed by atoms with Crippen LogP contribution in [-0.2, 0) is 22.6 Å². The van der Waals surface area contributed by atoms with Gasteiger partial charge in [0.25, 0.3) is 0 Å². The van der Waals surface area contributed by atoms with Gasteiger partial charge >= 0.3 is 5.97 Å². The van der Waals surface area contributed by atoms with Crippen LogP contribution in [0.15, 0.2) is 59.6 Å². The molecule has 0 radical (unpaired) electrons. The van der Waals surface area contributed by atoms with E-state index in [4.69, 9.17) is 15.2 Å². The van der Waals surface area contributed by atoms with E-state index in [1.165, 1.54) is 0 Å². The number of nitrogens with zero attached hydrogens (tertiary/aromatic N) is 2. The fourth-order valence-electron chi connectivity index (χ4n) is 3.18. The third-order valence-corrected chi connectivity index (χ3v) is 4.87. The zero-order chi connectivity index (χ0) is 21.0. The van der Waals surface area contributed by atoms with Gasteiger partial charge in [-0.15, -0.1) is 24.0 Å². The topological polar surface area (TPSA) is 89.2 Å². The van der Waals surface area contributed by atoms with E-state index >= 15 is 0 Å². The second-order valence-electron chi connectivity index (χ2n) is 7.20. The number of hydrogen-bond donors (Lipinski definition) is 2. The smallest absolute Gasteiger partial charge is 0.338 e. The van der Waals surface area contributed by atoms with Crippen molar-refractivity contribution in [1.29, 1.82) is 0 Å². The number of nitrogens with one attached hydrogen (secondary N) is 1. The molecule has 8 heteroatoms. The van der Waals surface area contributed by atoms with E-state index in [0.29, 0.717) is 18.1 Å². The van der Waals surface area contributed by atoms with Gasteiger partial charge in [0.05, 0.1) is 25.3 Å². The number of guanidine groups is 1. The van der Waals surface area contributed by atoms with E-state index in [9.17, 15) is 4.79 Å². The Labute approximate surface area is 201 Å². The van der Waals surface area contributed by atoms with Crippen LogP contribution in [0.4, 0.5) is 0 Å². The minimum Gasteiger partial charge on any atom is -0.457 e. The van der Waals surface area contributed by atoms with Gasteiger partial charge in [0.1, 0.15) is 6.61 Å². The minimum absolute atomic E-state index is 0. The van der Waals surface area contributed by atoms with Crippen molar-refractivity contribution in [3.05, 3.63) is 71.3 Å². The Morgan fingerprint density at radius 2 is 1.84 bits per heavy atom. The number of esters is 1. The zero-order valence-electron chi connectivity index (χ0n) is 17.7. The Hall–Kier alpha value is -2.17. The Kier molecular flexibility index (Phi) is 11.3. The van der Waals surface area contributed by atoms with Crippen molar-refractivity contribution >= 4 is 35.9 Å². The van der Waals surface area contributed by atoms with Crippen molar-refractivity contribution in [1.82, 2.24) is 10.2 Å². The SMILES string of the molecule is I.NC(=NCc1cccc(C(=O)OCc2ccccc2)c1)NCCCN1CCOCC1.